The molecule has 6 nitrogen and oxygen atoms in total. The second-order valence-electron chi connectivity index (χ2n) is 11.0. The lowest BCUT2D eigenvalue weighted by molar-refractivity contribution is -0.120. The number of aliphatic hydroxyl groups is 1. The molecule has 1 amide bonds. The summed E-state index contributed by atoms with van der Waals surface area (Å²) in [5.41, 5.74) is 3.27. The van der Waals surface area contributed by atoms with Crippen LogP contribution in [0.3, 0.4) is 0 Å². The number of aliphatic hydroxyl groups excluding tert-OH is 1. The Labute approximate surface area is 218 Å². The van der Waals surface area contributed by atoms with E-state index in [0.717, 1.165) is 43.0 Å². The van der Waals surface area contributed by atoms with Gasteiger partial charge in [-0.3, -0.25) is 4.79 Å². The maximum absolute atomic E-state index is 13.8. The van der Waals surface area contributed by atoms with Crippen LogP contribution in [0.25, 0.3) is 0 Å². The summed E-state index contributed by atoms with van der Waals surface area (Å²) in [6.45, 7) is 8.06. The highest BCUT2D eigenvalue weighted by Gasteiger charge is 2.37. The number of rotatable bonds is 9. The van der Waals surface area contributed by atoms with E-state index in [4.69, 9.17) is 4.84 Å². The lowest BCUT2D eigenvalue weighted by atomic mass is 9.74. The summed E-state index contributed by atoms with van der Waals surface area (Å²) in [5, 5.41) is 21.7. The molecule has 1 aliphatic carbocycles. The summed E-state index contributed by atoms with van der Waals surface area (Å²) >= 11 is 0. The van der Waals surface area contributed by atoms with Gasteiger partial charge in [0.05, 0.1) is 17.9 Å². The molecule has 0 heterocycles. The number of carbonyl (C=O) groups is 1. The monoisotopic (exact) mass is 515 g/mol. The lowest BCUT2D eigenvalue weighted by Crippen LogP contribution is -2.53. The number of benzene rings is 2. The first-order chi connectivity index (χ1) is 17.4. The van der Waals surface area contributed by atoms with Crippen LogP contribution in [0, 0.1) is 11.6 Å². The minimum Gasteiger partial charge on any atom is -0.399 e. The molecule has 0 spiro atoms. The minimum absolute atomic E-state index is 0.0230. The molecule has 202 valence electrons. The Balaban J connectivity index is 1.85. The van der Waals surface area contributed by atoms with Gasteiger partial charge in [0.25, 0.3) is 0 Å². The van der Waals surface area contributed by atoms with Gasteiger partial charge in [-0.25, -0.2) is 8.78 Å². The average Bonchev–Trinajstić information content (AvgIpc) is 2.82. The van der Waals surface area contributed by atoms with Gasteiger partial charge in [-0.05, 0) is 66.3 Å². The molecule has 3 N–H and O–H groups in total. The van der Waals surface area contributed by atoms with Crippen molar-refractivity contribution < 1.29 is 23.5 Å². The lowest BCUT2D eigenvalue weighted by Gasteiger charge is -2.41. The summed E-state index contributed by atoms with van der Waals surface area (Å²) in [6, 6.07) is 11.0. The van der Waals surface area contributed by atoms with Crippen LogP contribution < -0.4 is 10.6 Å². The first-order valence-electron chi connectivity index (χ1n) is 12.8. The molecule has 0 unspecified atom stereocenters. The first kappa shape index (κ1) is 28.7. The van der Waals surface area contributed by atoms with E-state index < -0.39 is 29.3 Å². The van der Waals surface area contributed by atoms with E-state index in [1.54, 1.807) is 7.11 Å². The maximum Gasteiger partial charge on any atom is 0.217 e. The Morgan fingerprint density at radius 3 is 2.35 bits per heavy atom. The van der Waals surface area contributed by atoms with E-state index in [-0.39, 0.29) is 24.3 Å². The van der Waals surface area contributed by atoms with Crippen LogP contribution in [0.5, 0.6) is 0 Å². The molecule has 0 aliphatic heterocycles. The number of hydrogen-bond acceptors (Lipinski definition) is 5. The number of carbonyl (C=O) groups excluding carboxylic acids is 1. The average molecular weight is 516 g/mol. The van der Waals surface area contributed by atoms with Gasteiger partial charge in [-0.1, -0.05) is 50.2 Å². The van der Waals surface area contributed by atoms with Gasteiger partial charge in [-0.15, -0.1) is 0 Å². The van der Waals surface area contributed by atoms with E-state index in [1.165, 1.54) is 24.6 Å². The quantitative estimate of drug-likeness (QED) is 0.422. The van der Waals surface area contributed by atoms with Crippen LogP contribution in [0.15, 0.2) is 47.6 Å². The molecular formula is C29H39F2N3O3. The standard InChI is InChI=1S/C29H39F2N3O3/c1-19(35)33-26(15-20-13-23(30)17-24(31)14-20)27(36)18-32-29(11-9-25(10-12-29)34-37-5)22-8-6-7-21(16-22)28(2,3)4/h6-8,13-14,16-17,26-27,32,36H,9-12,15,18H2,1-5H3,(H,33,35)/t26-,27+,29?/m0/s1. The zero-order chi connectivity index (χ0) is 27.2. The molecule has 37 heavy (non-hydrogen) atoms. The summed E-state index contributed by atoms with van der Waals surface area (Å²) in [6.07, 6.45) is 2.11. The molecule has 0 aromatic heterocycles. The van der Waals surface area contributed by atoms with Crippen LogP contribution in [0.4, 0.5) is 8.78 Å². The summed E-state index contributed by atoms with van der Waals surface area (Å²) < 4.78 is 27.5. The molecule has 3 rings (SSSR count). The molecule has 0 bridgehead atoms. The zero-order valence-electron chi connectivity index (χ0n) is 22.4. The van der Waals surface area contributed by atoms with Crippen molar-refractivity contribution in [1.82, 2.24) is 10.6 Å². The first-order valence-corrected chi connectivity index (χ1v) is 12.8. The molecule has 0 saturated heterocycles. The van der Waals surface area contributed by atoms with Crippen molar-refractivity contribution in [3.05, 3.63) is 70.8 Å². The van der Waals surface area contributed by atoms with Gasteiger partial charge in [0, 0.05) is 25.1 Å². The second-order valence-corrected chi connectivity index (χ2v) is 11.0. The van der Waals surface area contributed by atoms with E-state index in [1.807, 2.05) is 0 Å². The van der Waals surface area contributed by atoms with Crippen molar-refractivity contribution in [2.75, 3.05) is 13.7 Å². The van der Waals surface area contributed by atoms with Crippen molar-refractivity contribution in [3.8, 4) is 0 Å². The van der Waals surface area contributed by atoms with E-state index in [2.05, 4.69) is 60.8 Å². The largest absolute Gasteiger partial charge is 0.399 e. The zero-order valence-corrected chi connectivity index (χ0v) is 22.4. The Kier molecular flexibility index (Phi) is 9.42. The SMILES string of the molecule is CON=C1CCC(NC[C@@H](O)[C@H](Cc2cc(F)cc(F)c2)NC(C)=O)(c2cccc(C(C)(C)C)c2)CC1. The highest BCUT2D eigenvalue weighted by atomic mass is 19.1. The van der Waals surface area contributed by atoms with Crippen LogP contribution >= 0.6 is 0 Å². The molecule has 8 heteroatoms. The van der Waals surface area contributed by atoms with Crippen LogP contribution in [0.2, 0.25) is 0 Å². The molecule has 0 radical (unpaired) electrons. The third kappa shape index (κ3) is 7.82. The number of nitrogens with one attached hydrogen (secondary N) is 2. The second kappa shape index (κ2) is 12.1. The predicted molar refractivity (Wildman–Crippen MR) is 141 cm³/mol. The highest BCUT2D eigenvalue weighted by Crippen LogP contribution is 2.38. The third-order valence-corrected chi connectivity index (χ3v) is 7.06. The molecule has 1 saturated carbocycles. The van der Waals surface area contributed by atoms with Gasteiger partial charge >= 0.3 is 0 Å². The van der Waals surface area contributed by atoms with E-state index in [0.29, 0.717) is 5.56 Å². The Morgan fingerprint density at radius 2 is 1.78 bits per heavy atom. The van der Waals surface area contributed by atoms with Gasteiger partial charge in [-0.2, -0.15) is 0 Å². The van der Waals surface area contributed by atoms with Gasteiger partial charge < -0.3 is 20.6 Å². The fourth-order valence-corrected chi connectivity index (χ4v) is 5.01. The van der Waals surface area contributed by atoms with Crippen molar-refractivity contribution in [1.29, 1.82) is 0 Å². The van der Waals surface area contributed by atoms with Crippen molar-refractivity contribution >= 4 is 11.6 Å². The normalized spacial score (nSPS) is 19.7. The van der Waals surface area contributed by atoms with Crippen LogP contribution in [-0.2, 0) is 27.0 Å². The number of amides is 1. The Bertz CT molecular complexity index is 1080. The molecule has 2 atom stereocenters. The van der Waals surface area contributed by atoms with Gasteiger partial charge in [0.2, 0.25) is 5.91 Å². The maximum atomic E-state index is 13.8. The number of halogens is 2. The van der Waals surface area contributed by atoms with E-state index in [9.17, 15) is 18.7 Å². The summed E-state index contributed by atoms with van der Waals surface area (Å²) in [5.74, 6) is -1.72. The minimum atomic E-state index is -0.994. The van der Waals surface area contributed by atoms with Gasteiger partial charge in [0.1, 0.15) is 18.7 Å². The van der Waals surface area contributed by atoms with E-state index >= 15 is 0 Å². The summed E-state index contributed by atoms with van der Waals surface area (Å²) in [4.78, 5) is 16.9. The molecule has 1 aliphatic rings. The fourth-order valence-electron chi connectivity index (χ4n) is 5.01. The Hall–Kier alpha value is -2.84. The van der Waals surface area contributed by atoms with Crippen molar-refractivity contribution in [2.24, 2.45) is 5.16 Å². The van der Waals surface area contributed by atoms with Crippen LogP contribution in [0.1, 0.15) is 70.1 Å². The summed E-state index contributed by atoms with van der Waals surface area (Å²) in [7, 11) is 1.54. The number of hydrogen-bond donors (Lipinski definition) is 3. The number of nitrogens with zero attached hydrogens (tertiary/aromatic N) is 1. The van der Waals surface area contributed by atoms with Crippen molar-refractivity contribution in [3.63, 3.8) is 0 Å². The molecule has 1 fully saturated rings. The highest BCUT2D eigenvalue weighted by molar-refractivity contribution is 5.85. The molecule has 2 aromatic rings. The fraction of sp³-hybridized carbons (Fsp3) is 0.517. The smallest absolute Gasteiger partial charge is 0.217 e. The predicted octanol–water partition coefficient (Wildman–Crippen LogP) is 4.73. The molecular weight excluding hydrogens is 476 g/mol. The third-order valence-electron chi connectivity index (χ3n) is 7.06. The Morgan fingerprint density at radius 1 is 1.14 bits per heavy atom. The molecule has 2 aromatic carbocycles. The van der Waals surface area contributed by atoms with Crippen LogP contribution in [-0.4, -0.2) is 42.5 Å². The topological polar surface area (TPSA) is 82.9 Å². The van der Waals surface area contributed by atoms with Crippen molar-refractivity contribution in [2.45, 2.75) is 82.9 Å². The van der Waals surface area contributed by atoms with Gasteiger partial charge in [0.15, 0.2) is 0 Å². The number of oxime groups is 1.